The van der Waals surface area contributed by atoms with Crippen LogP contribution in [0.1, 0.15) is 28.7 Å². The van der Waals surface area contributed by atoms with Crippen LogP contribution in [0.3, 0.4) is 0 Å². The number of amides is 3. The molecule has 0 radical (unpaired) electrons. The van der Waals surface area contributed by atoms with Gasteiger partial charge in [0.1, 0.15) is 12.6 Å². The highest BCUT2D eigenvalue weighted by Gasteiger charge is 2.35. The van der Waals surface area contributed by atoms with Crippen molar-refractivity contribution in [3.05, 3.63) is 17.0 Å². The molecule has 1 aliphatic rings. The summed E-state index contributed by atoms with van der Waals surface area (Å²) < 4.78 is 0. The fraction of sp³-hybridized carbons (Fsp3) is 0.455. The van der Waals surface area contributed by atoms with Gasteiger partial charge in [0.2, 0.25) is 11.8 Å². The maximum atomic E-state index is 12.3. The standard InChI is InChI=1S/C11H14N4O3/c1-5-9(6(2)14-13-5)11(18)15-4-8(16)12-10(17)7(15)3/h7H,4H2,1-3H3,(H,13,14)(H,12,16,17). The van der Waals surface area contributed by atoms with Gasteiger partial charge in [-0.05, 0) is 20.8 Å². The number of hydrogen-bond acceptors (Lipinski definition) is 4. The summed E-state index contributed by atoms with van der Waals surface area (Å²) in [7, 11) is 0. The third-order valence-electron chi connectivity index (χ3n) is 3.03. The van der Waals surface area contributed by atoms with Crippen molar-refractivity contribution in [3.63, 3.8) is 0 Å². The van der Waals surface area contributed by atoms with E-state index in [-0.39, 0.29) is 12.5 Å². The molecule has 2 N–H and O–H groups in total. The second-order valence-electron chi connectivity index (χ2n) is 4.33. The number of nitrogens with one attached hydrogen (secondary N) is 2. The molecule has 0 aromatic carbocycles. The Hall–Kier alpha value is -2.18. The van der Waals surface area contributed by atoms with Gasteiger partial charge >= 0.3 is 0 Å². The minimum absolute atomic E-state index is 0.115. The SMILES string of the molecule is Cc1n[nH]c(C)c1C(=O)N1CC(=O)NC(=O)C1C. The third kappa shape index (κ3) is 1.87. The molecule has 1 saturated heterocycles. The molecule has 2 heterocycles. The quantitative estimate of drug-likeness (QED) is 0.658. The number of aryl methyl sites for hydroxylation is 2. The maximum Gasteiger partial charge on any atom is 0.258 e. The van der Waals surface area contributed by atoms with E-state index < -0.39 is 17.9 Å². The first-order valence-electron chi connectivity index (χ1n) is 5.58. The smallest absolute Gasteiger partial charge is 0.258 e. The Morgan fingerprint density at radius 1 is 1.39 bits per heavy atom. The van der Waals surface area contributed by atoms with Gasteiger partial charge in [-0.1, -0.05) is 0 Å². The van der Waals surface area contributed by atoms with Crippen LogP contribution in [0.5, 0.6) is 0 Å². The highest BCUT2D eigenvalue weighted by molar-refractivity contribution is 6.07. The second kappa shape index (κ2) is 4.25. The van der Waals surface area contributed by atoms with E-state index in [1.807, 2.05) is 0 Å². The summed E-state index contributed by atoms with van der Waals surface area (Å²) in [6, 6.07) is -0.663. The van der Waals surface area contributed by atoms with Gasteiger partial charge in [-0.3, -0.25) is 24.8 Å². The summed E-state index contributed by atoms with van der Waals surface area (Å²) in [6.45, 7) is 4.90. The van der Waals surface area contributed by atoms with Crippen LogP contribution in [0.4, 0.5) is 0 Å². The van der Waals surface area contributed by atoms with Gasteiger partial charge < -0.3 is 4.90 Å². The van der Waals surface area contributed by atoms with Crippen LogP contribution in [0.25, 0.3) is 0 Å². The molecule has 7 nitrogen and oxygen atoms in total. The van der Waals surface area contributed by atoms with E-state index in [1.165, 1.54) is 4.90 Å². The Balaban J connectivity index is 2.33. The van der Waals surface area contributed by atoms with Crippen molar-refractivity contribution in [2.45, 2.75) is 26.8 Å². The molecule has 1 fully saturated rings. The molecule has 18 heavy (non-hydrogen) atoms. The number of imide groups is 1. The highest BCUT2D eigenvalue weighted by Crippen LogP contribution is 2.16. The van der Waals surface area contributed by atoms with Crippen molar-refractivity contribution in [2.24, 2.45) is 0 Å². The number of aromatic amines is 1. The van der Waals surface area contributed by atoms with E-state index in [9.17, 15) is 14.4 Å². The zero-order valence-corrected chi connectivity index (χ0v) is 10.4. The molecule has 1 aliphatic heterocycles. The molecule has 2 rings (SSSR count). The first-order chi connectivity index (χ1) is 8.41. The first kappa shape index (κ1) is 12.3. The normalized spacial score (nSPS) is 19.9. The van der Waals surface area contributed by atoms with Gasteiger partial charge in [0.15, 0.2) is 0 Å². The molecule has 96 valence electrons. The summed E-state index contributed by atoms with van der Waals surface area (Å²) in [5, 5.41) is 8.84. The Morgan fingerprint density at radius 2 is 2.06 bits per heavy atom. The number of nitrogens with zero attached hydrogens (tertiary/aromatic N) is 2. The number of rotatable bonds is 1. The third-order valence-corrected chi connectivity index (χ3v) is 3.03. The van der Waals surface area contributed by atoms with Gasteiger partial charge in [-0.15, -0.1) is 0 Å². The molecule has 0 spiro atoms. The number of hydrogen-bond donors (Lipinski definition) is 2. The molecular weight excluding hydrogens is 236 g/mol. The van der Waals surface area contributed by atoms with Crippen LogP contribution in [0.2, 0.25) is 0 Å². The van der Waals surface area contributed by atoms with Crippen LogP contribution in [-0.4, -0.2) is 45.4 Å². The summed E-state index contributed by atoms with van der Waals surface area (Å²) in [5.41, 5.74) is 1.61. The number of H-pyrrole nitrogens is 1. The van der Waals surface area contributed by atoms with E-state index in [2.05, 4.69) is 15.5 Å². The van der Waals surface area contributed by atoms with Crippen LogP contribution < -0.4 is 5.32 Å². The lowest BCUT2D eigenvalue weighted by Gasteiger charge is -2.31. The number of carbonyl (C=O) groups is 3. The Morgan fingerprint density at radius 3 is 2.61 bits per heavy atom. The minimum Gasteiger partial charge on any atom is -0.317 e. The topological polar surface area (TPSA) is 95.2 Å². The minimum atomic E-state index is -0.663. The Kier molecular flexibility index (Phi) is 2.90. The van der Waals surface area contributed by atoms with E-state index >= 15 is 0 Å². The molecule has 1 aromatic rings. The molecule has 1 unspecified atom stereocenters. The second-order valence-corrected chi connectivity index (χ2v) is 4.33. The van der Waals surface area contributed by atoms with Gasteiger partial charge in [-0.25, -0.2) is 0 Å². The summed E-state index contributed by atoms with van der Waals surface area (Å²) in [5.74, 6) is -1.28. The Labute approximate surface area is 104 Å². The lowest BCUT2D eigenvalue weighted by molar-refractivity contribution is -0.138. The highest BCUT2D eigenvalue weighted by atomic mass is 16.2. The molecule has 1 aromatic heterocycles. The van der Waals surface area contributed by atoms with Gasteiger partial charge in [-0.2, -0.15) is 5.10 Å². The molecule has 0 aliphatic carbocycles. The van der Waals surface area contributed by atoms with E-state index in [0.717, 1.165) is 0 Å². The van der Waals surface area contributed by atoms with Crippen molar-refractivity contribution < 1.29 is 14.4 Å². The first-order valence-corrected chi connectivity index (χ1v) is 5.58. The number of aromatic nitrogens is 2. The summed E-state index contributed by atoms with van der Waals surface area (Å²) in [6.07, 6.45) is 0. The Bertz CT molecular complexity index is 515. The van der Waals surface area contributed by atoms with Crippen molar-refractivity contribution in [1.29, 1.82) is 0 Å². The number of piperazine rings is 1. The van der Waals surface area contributed by atoms with Crippen molar-refractivity contribution in [1.82, 2.24) is 20.4 Å². The molecular formula is C11H14N4O3. The van der Waals surface area contributed by atoms with Crippen LogP contribution >= 0.6 is 0 Å². The van der Waals surface area contributed by atoms with Gasteiger partial charge in [0, 0.05) is 5.69 Å². The van der Waals surface area contributed by atoms with E-state index in [4.69, 9.17) is 0 Å². The predicted molar refractivity (Wildman–Crippen MR) is 61.7 cm³/mol. The van der Waals surface area contributed by atoms with Crippen molar-refractivity contribution in [3.8, 4) is 0 Å². The van der Waals surface area contributed by atoms with Crippen molar-refractivity contribution >= 4 is 17.7 Å². The molecule has 7 heteroatoms. The average Bonchev–Trinajstić information content (AvgIpc) is 2.63. The molecule has 1 atom stereocenters. The fourth-order valence-corrected chi connectivity index (χ4v) is 1.97. The number of carbonyl (C=O) groups excluding carboxylic acids is 3. The summed E-state index contributed by atoms with van der Waals surface area (Å²) >= 11 is 0. The largest absolute Gasteiger partial charge is 0.317 e. The molecule has 3 amide bonds. The fourth-order valence-electron chi connectivity index (χ4n) is 1.97. The average molecular weight is 250 g/mol. The molecule has 0 saturated carbocycles. The van der Waals surface area contributed by atoms with Crippen LogP contribution in [0, 0.1) is 13.8 Å². The zero-order valence-electron chi connectivity index (χ0n) is 10.4. The van der Waals surface area contributed by atoms with E-state index in [0.29, 0.717) is 17.0 Å². The van der Waals surface area contributed by atoms with Crippen LogP contribution in [0.15, 0.2) is 0 Å². The lowest BCUT2D eigenvalue weighted by Crippen LogP contribution is -2.58. The lowest BCUT2D eigenvalue weighted by atomic mass is 10.1. The monoisotopic (exact) mass is 250 g/mol. The maximum absolute atomic E-state index is 12.3. The van der Waals surface area contributed by atoms with Crippen molar-refractivity contribution in [2.75, 3.05) is 6.54 Å². The van der Waals surface area contributed by atoms with Crippen LogP contribution in [-0.2, 0) is 9.59 Å². The zero-order chi connectivity index (χ0) is 13.4. The summed E-state index contributed by atoms with van der Waals surface area (Å²) in [4.78, 5) is 36.4. The molecule has 0 bridgehead atoms. The van der Waals surface area contributed by atoms with E-state index in [1.54, 1.807) is 20.8 Å². The van der Waals surface area contributed by atoms with Gasteiger partial charge in [0.05, 0.1) is 11.3 Å². The van der Waals surface area contributed by atoms with Gasteiger partial charge in [0.25, 0.3) is 5.91 Å². The predicted octanol–water partition coefficient (Wildman–Crippen LogP) is -0.486.